The molecule has 7 nitrogen and oxygen atoms in total. The third kappa shape index (κ3) is 6.69. The fourth-order valence-corrected chi connectivity index (χ4v) is 2.45. The lowest BCUT2D eigenvalue weighted by Crippen LogP contribution is -2.47. The van der Waals surface area contributed by atoms with E-state index < -0.39 is 6.04 Å². The van der Waals surface area contributed by atoms with E-state index in [-0.39, 0.29) is 23.7 Å². The molecule has 1 aromatic carbocycles. The van der Waals surface area contributed by atoms with Crippen LogP contribution in [0.15, 0.2) is 42.9 Å². The van der Waals surface area contributed by atoms with E-state index in [1.807, 2.05) is 27.7 Å². The molecular weight excluding hydrogens is 344 g/mol. The summed E-state index contributed by atoms with van der Waals surface area (Å²) in [4.78, 5) is 32.7. The van der Waals surface area contributed by atoms with Gasteiger partial charge in [0.25, 0.3) is 0 Å². The lowest BCUT2D eigenvalue weighted by molar-refractivity contribution is -0.127. The van der Waals surface area contributed by atoms with Crippen molar-refractivity contribution in [3.63, 3.8) is 0 Å². The van der Waals surface area contributed by atoms with E-state index in [0.717, 1.165) is 0 Å². The molecule has 2 N–H and O–H groups in total. The van der Waals surface area contributed by atoms with Gasteiger partial charge in [0.05, 0.1) is 6.20 Å². The maximum absolute atomic E-state index is 12.7. The van der Waals surface area contributed by atoms with Gasteiger partial charge in [0.2, 0.25) is 17.7 Å². The number of carbonyl (C=O) groups excluding carboxylic acids is 2. The molecule has 0 aliphatic rings. The Balaban J connectivity index is 2.04. The molecule has 1 atom stereocenters. The van der Waals surface area contributed by atoms with Gasteiger partial charge in [0, 0.05) is 30.6 Å². The van der Waals surface area contributed by atoms with E-state index in [0.29, 0.717) is 23.7 Å². The lowest BCUT2D eigenvalue weighted by Gasteiger charge is -2.22. The molecular formula is C20H26N4O3. The predicted molar refractivity (Wildman–Crippen MR) is 103 cm³/mol. The Kier molecular flexibility index (Phi) is 7.28. The van der Waals surface area contributed by atoms with Crippen LogP contribution in [0.3, 0.4) is 0 Å². The van der Waals surface area contributed by atoms with E-state index in [2.05, 4.69) is 20.6 Å². The molecule has 0 saturated heterocycles. The van der Waals surface area contributed by atoms with Gasteiger partial charge in [-0.3, -0.25) is 14.6 Å². The second-order valence-corrected chi connectivity index (χ2v) is 7.05. The highest BCUT2D eigenvalue weighted by Crippen LogP contribution is 2.22. The minimum Gasteiger partial charge on any atom is -0.437 e. The summed E-state index contributed by atoms with van der Waals surface area (Å²) < 4.78 is 5.62. The van der Waals surface area contributed by atoms with E-state index in [1.165, 1.54) is 12.4 Å². The van der Waals surface area contributed by atoms with Gasteiger partial charge in [0.1, 0.15) is 11.8 Å². The molecule has 0 aliphatic heterocycles. The number of ether oxygens (including phenoxy) is 1. The van der Waals surface area contributed by atoms with Crippen LogP contribution in [0.5, 0.6) is 11.6 Å². The molecule has 27 heavy (non-hydrogen) atoms. The molecule has 0 bridgehead atoms. The quantitative estimate of drug-likeness (QED) is 0.743. The Morgan fingerprint density at radius 2 is 1.93 bits per heavy atom. The number of anilines is 1. The fraction of sp³-hybridized carbons (Fsp3) is 0.400. The second kappa shape index (κ2) is 9.66. The summed E-state index contributed by atoms with van der Waals surface area (Å²) in [5.74, 6) is 0.688. The molecule has 2 aromatic rings. The Morgan fingerprint density at radius 3 is 2.56 bits per heavy atom. The van der Waals surface area contributed by atoms with Crippen molar-refractivity contribution in [1.82, 2.24) is 15.3 Å². The monoisotopic (exact) mass is 370 g/mol. The van der Waals surface area contributed by atoms with Crippen molar-refractivity contribution in [3.8, 4) is 11.6 Å². The molecule has 2 amide bonds. The number of hydrogen-bond donors (Lipinski definition) is 2. The first-order valence-corrected chi connectivity index (χ1v) is 8.99. The Labute approximate surface area is 159 Å². The highest BCUT2D eigenvalue weighted by Gasteiger charge is 2.24. The first-order chi connectivity index (χ1) is 12.8. The minimum atomic E-state index is -0.610. The molecule has 0 radical (unpaired) electrons. The summed E-state index contributed by atoms with van der Waals surface area (Å²) in [5.41, 5.74) is 0.574. The molecule has 144 valence electrons. The maximum atomic E-state index is 12.7. The van der Waals surface area contributed by atoms with Crippen LogP contribution >= 0.6 is 0 Å². The maximum Gasteiger partial charge on any atom is 0.247 e. The van der Waals surface area contributed by atoms with E-state index in [1.54, 1.807) is 30.5 Å². The van der Waals surface area contributed by atoms with Gasteiger partial charge in [0.15, 0.2) is 0 Å². The number of benzene rings is 1. The number of rotatable bonds is 8. The van der Waals surface area contributed by atoms with Crippen LogP contribution in [0.25, 0.3) is 0 Å². The number of amides is 2. The van der Waals surface area contributed by atoms with Crippen molar-refractivity contribution in [2.24, 2.45) is 11.8 Å². The zero-order chi connectivity index (χ0) is 19.8. The van der Waals surface area contributed by atoms with E-state index >= 15 is 0 Å². The van der Waals surface area contributed by atoms with Gasteiger partial charge in [-0.15, -0.1) is 0 Å². The van der Waals surface area contributed by atoms with Crippen molar-refractivity contribution in [2.45, 2.75) is 40.2 Å². The van der Waals surface area contributed by atoms with Crippen LogP contribution in [-0.4, -0.2) is 27.8 Å². The average Bonchev–Trinajstić information content (AvgIpc) is 2.60. The van der Waals surface area contributed by atoms with Crippen LogP contribution in [0.1, 0.15) is 34.1 Å². The van der Waals surface area contributed by atoms with Crippen LogP contribution in [0.4, 0.5) is 5.69 Å². The lowest BCUT2D eigenvalue weighted by atomic mass is 10.0. The van der Waals surface area contributed by atoms with Crippen molar-refractivity contribution >= 4 is 17.5 Å². The number of nitrogens with one attached hydrogen (secondary N) is 2. The Hall–Kier alpha value is -2.96. The van der Waals surface area contributed by atoms with Crippen molar-refractivity contribution in [3.05, 3.63) is 42.9 Å². The topological polar surface area (TPSA) is 93.2 Å². The van der Waals surface area contributed by atoms with Crippen LogP contribution in [0.2, 0.25) is 0 Å². The normalized spacial score (nSPS) is 11.9. The molecule has 0 fully saturated rings. The van der Waals surface area contributed by atoms with Crippen molar-refractivity contribution in [2.75, 3.05) is 5.32 Å². The standard InChI is InChI=1S/C20H26N4O3/c1-13(2)10-17(25)24-19(14(3)4)20(26)23-15-6-5-7-16(11-15)27-18-12-21-8-9-22-18/h5-9,11-14,19H,10H2,1-4H3,(H,23,26)(H,24,25)/t19-/m1/s1. The minimum absolute atomic E-state index is 0.0415. The summed E-state index contributed by atoms with van der Waals surface area (Å²) in [6, 6.07) is 6.37. The second-order valence-electron chi connectivity index (χ2n) is 7.05. The Bertz CT molecular complexity index is 763. The number of carbonyl (C=O) groups is 2. The van der Waals surface area contributed by atoms with E-state index in [4.69, 9.17) is 4.74 Å². The largest absolute Gasteiger partial charge is 0.437 e. The SMILES string of the molecule is CC(C)CC(=O)N[C@@H](C(=O)Nc1cccc(Oc2cnccn2)c1)C(C)C. The molecule has 0 aliphatic carbocycles. The Morgan fingerprint density at radius 1 is 1.15 bits per heavy atom. The van der Waals surface area contributed by atoms with Crippen LogP contribution in [0, 0.1) is 11.8 Å². The predicted octanol–water partition coefficient (Wildman–Crippen LogP) is 3.39. The van der Waals surface area contributed by atoms with Gasteiger partial charge < -0.3 is 15.4 Å². The van der Waals surface area contributed by atoms with Gasteiger partial charge in [-0.05, 0) is 24.0 Å². The highest BCUT2D eigenvalue weighted by atomic mass is 16.5. The molecule has 2 rings (SSSR count). The molecule has 0 spiro atoms. The van der Waals surface area contributed by atoms with Crippen molar-refractivity contribution in [1.29, 1.82) is 0 Å². The number of nitrogens with zero attached hydrogens (tertiary/aromatic N) is 2. The molecule has 1 heterocycles. The van der Waals surface area contributed by atoms with Gasteiger partial charge in [-0.1, -0.05) is 33.8 Å². The van der Waals surface area contributed by atoms with Gasteiger partial charge in [-0.25, -0.2) is 4.98 Å². The molecule has 1 aromatic heterocycles. The molecule has 7 heteroatoms. The smallest absolute Gasteiger partial charge is 0.247 e. The summed E-state index contributed by atoms with van der Waals surface area (Å²) in [5, 5.41) is 5.66. The third-order valence-corrected chi connectivity index (χ3v) is 3.72. The summed E-state index contributed by atoms with van der Waals surface area (Å²) in [6.07, 6.45) is 4.99. The molecule has 0 saturated carbocycles. The van der Waals surface area contributed by atoms with Crippen molar-refractivity contribution < 1.29 is 14.3 Å². The summed E-state index contributed by atoms with van der Waals surface area (Å²) in [7, 11) is 0. The summed E-state index contributed by atoms with van der Waals surface area (Å²) in [6.45, 7) is 7.72. The zero-order valence-corrected chi connectivity index (χ0v) is 16.1. The number of hydrogen-bond acceptors (Lipinski definition) is 5. The van der Waals surface area contributed by atoms with Crippen LogP contribution < -0.4 is 15.4 Å². The third-order valence-electron chi connectivity index (χ3n) is 3.72. The first kappa shape index (κ1) is 20.4. The highest BCUT2D eigenvalue weighted by molar-refractivity contribution is 5.97. The zero-order valence-electron chi connectivity index (χ0n) is 16.1. The average molecular weight is 370 g/mol. The van der Waals surface area contributed by atoms with E-state index in [9.17, 15) is 9.59 Å². The first-order valence-electron chi connectivity index (χ1n) is 8.99. The van der Waals surface area contributed by atoms with Gasteiger partial charge in [-0.2, -0.15) is 0 Å². The van der Waals surface area contributed by atoms with Gasteiger partial charge >= 0.3 is 0 Å². The number of aromatic nitrogens is 2. The molecule has 0 unspecified atom stereocenters. The van der Waals surface area contributed by atoms with Crippen LogP contribution in [-0.2, 0) is 9.59 Å². The summed E-state index contributed by atoms with van der Waals surface area (Å²) >= 11 is 0. The fourth-order valence-electron chi connectivity index (χ4n) is 2.45.